The Morgan fingerprint density at radius 1 is 1.25 bits per heavy atom. The van der Waals surface area contributed by atoms with E-state index < -0.39 is 17.4 Å². The van der Waals surface area contributed by atoms with Crippen LogP contribution in [0.5, 0.6) is 0 Å². The van der Waals surface area contributed by atoms with Gasteiger partial charge in [-0.15, -0.1) is 11.6 Å². The predicted octanol–water partition coefficient (Wildman–Crippen LogP) is 2.50. The molecule has 0 radical (unpaired) electrons. The van der Waals surface area contributed by atoms with Gasteiger partial charge in [-0.1, -0.05) is 30.3 Å². The first-order chi connectivity index (χ1) is 9.33. The molecule has 0 aliphatic rings. The van der Waals surface area contributed by atoms with Crippen LogP contribution >= 0.6 is 11.6 Å². The van der Waals surface area contributed by atoms with Gasteiger partial charge in [-0.25, -0.2) is 5.48 Å². The number of halogens is 1. The van der Waals surface area contributed by atoms with Crippen molar-refractivity contribution in [3.05, 3.63) is 35.9 Å². The van der Waals surface area contributed by atoms with Crippen LogP contribution in [0.2, 0.25) is 0 Å². The highest BCUT2D eigenvalue weighted by atomic mass is 35.5. The molecule has 0 spiro atoms. The Hall–Kier alpha value is -1.39. The lowest BCUT2D eigenvalue weighted by Crippen LogP contribution is -2.41. The molecule has 1 aromatic rings. The predicted molar refractivity (Wildman–Crippen MR) is 78.3 cm³/mol. The molecule has 1 aromatic carbocycles. The molecule has 1 amide bonds. The molecule has 1 N–H and O–H groups in total. The van der Waals surface area contributed by atoms with Gasteiger partial charge in [0, 0.05) is 0 Å². The van der Waals surface area contributed by atoms with Gasteiger partial charge in [-0.2, -0.15) is 0 Å². The molecule has 0 aliphatic carbocycles. The maximum absolute atomic E-state index is 12.1. The Labute approximate surface area is 124 Å². The Kier molecular flexibility index (Phi) is 6.17. The van der Waals surface area contributed by atoms with Gasteiger partial charge in [0.2, 0.25) is 0 Å². The summed E-state index contributed by atoms with van der Waals surface area (Å²) in [4.78, 5) is 29.1. The lowest BCUT2D eigenvalue weighted by molar-refractivity contribution is -0.152. The average molecular weight is 298 g/mol. The number of hydroxylamine groups is 1. The molecular formula is C15H20ClNO3. The highest BCUT2D eigenvalue weighted by molar-refractivity contribution is 6.29. The van der Waals surface area contributed by atoms with Crippen molar-refractivity contribution < 1.29 is 14.4 Å². The molecule has 110 valence electrons. The van der Waals surface area contributed by atoms with E-state index in [1.807, 2.05) is 51.1 Å². The number of Topliss-reactive ketones (excluding diaryl/α,β-unsaturated/α-hetero) is 1. The summed E-state index contributed by atoms with van der Waals surface area (Å²) in [5.74, 6) is -1.81. The molecule has 4 nitrogen and oxygen atoms in total. The zero-order valence-corrected chi connectivity index (χ0v) is 12.7. The fourth-order valence-electron chi connectivity index (χ4n) is 1.57. The third kappa shape index (κ3) is 5.72. The normalized spacial score (nSPS) is 12.8. The Bertz CT molecular complexity index is 454. The minimum absolute atomic E-state index is 0.194. The second kappa shape index (κ2) is 7.41. The number of carbonyl (C=O) groups is 2. The monoisotopic (exact) mass is 297 g/mol. The first-order valence-electron chi connectivity index (χ1n) is 6.44. The molecule has 20 heavy (non-hydrogen) atoms. The van der Waals surface area contributed by atoms with Gasteiger partial charge in [0.25, 0.3) is 5.91 Å². The summed E-state index contributed by atoms with van der Waals surface area (Å²) in [6.07, 6.45) is 0.311. The summed E-state index contributed by atoms with van der Waals surface area (Å²) in [6.45, 7) is 5.43. The van der Waals surface area contributed by atoms with Crippen LogP contribution in [-0.4, -0.2) is 23.2 Å². The van der Waals surface area contributed by atoms with Crippen LogP contribution in [0.4, 0.5) is 0 Å². The average Bonchev–Trinajstić information content (AvgIpc) is 2.41. The summed E-state index contributed by atoms with van der Waals surface area (Å²) in [5, 5.41) is 0. The molecule has 5 heteroatoms. The maximum atomic E-state index is 12.1. The smallest absolute Gasteiger partial charge is 0.254 e. The van der Waals surface area contributed by atoms with Crippen LogP contribution in [0, 0.1) is 5.92 Å². The zero-order chi connectivity index (χ0) is 15.2. The maximum Gasteiger partial charge on any atom is 0.254 e. The van der Waals surface area contributed by atoms with Crippen molar-refractivity contribution in [2.24, 2.45) is 5.92 Å². The fraction of sp³-hybridized carbons (Fsp3) is 0.467. The van der Waals surface area contributed by atoms with Gasteiger partial charge in [-0.05, 0) is 32.8 Å². The summed E-state index contributed by atoms with van der Waals surface area (Å²) >= 11 is 5.58. The number of ketones is 1. The SMILES string of the molecule is CC(C)(C)ONC(=O)[C@H](Cc1ccccc1)C(=O)CCl. The fourth-order valence-corrected chi connectivity index (χ4v) is 1.76. The molecule has 1 atom stereocenters. The van der Waals surface area contributed by atoms with Gasteiger partial charge < -0.3 is 0 Å². The van der Waals surface area contributed by atoms with E-state index in [2.05, 4.69) is 5.48 Å². The Morgan fingerprint density at radius 2 is 1.85 bits per heavy atom. The minimum Gasteiger partial charge on any atom is -0.297 e. The molecule has 0 bridgehead atoms. The second-order valence-electron chi connectivity index (χ2n) is 5.52. The number of hydrogen-bond donors (Lipinski definition) is 1. The van der Waals surface area contributed by atoms with Crippen LogP contribution in [-0.2, 0) is 20.8 Å². The van der Waals surface area contributed by atoms with E-state index in [1.165, 1.54) is 0 Å². The number of alkyl halides is 1. The van der Waals surface area contributed by atoms with Gasteiger partial charge in [-0.3, -0.25) is 14.4 Å². The van der Waals surface area contributed by atoms with Gasteiger partial charge in [0.15, 0.2) is 5.78 Å². The van der Waals surface area contributed by atoms with E-state index in [0.29, 0.717) is 6.42 Å². The van der Waals surface area contributed by atoms with Crippen LogP contribution in [0.1, 0.15) is 26.3 Å². The number of carbonyl (C=O) groups excluding carboxylic acids is 2. The summed E-state index contributed by atoms with van der Waals surface area (Å²) in [7, 11) is 0. The molecular weight excluding hydrogens is 278 g/mol. The standard InChI is InChI=1S/C15H20ClNO3/c1-15(2,3)20-17-14(19)12(13(18)10-16)9-11-7-5-4-6-8-11/h4-8,12H,9-10H2,1-3H3,(H,17,19)/t12-/m1/s1. The molecule has 0 unspecified atom stereocenters. The van der Waals surface area contributed by atoms with Crippen molar-refractivity contribution in [2.45, 2.75) is 32.8 Å². The Balaban J connectivity index is 2.74. The molecule has 0 saturated heterocycles. The summed E-state index contributed by atoms with van der Waals surface area (Å²) in [6, 6.07) is 9.34. The molecule has 0 aromatic heterocycles. The minimum atomic E-state index is -0.836. The quantitative estimate of drug-likeness (QED) is 0.499. The zero-order valence-electron chi connectivity index (χ0n) is 12.0. The number of nitrogens with one attached hydrogen (secondary N) is 1. The molecule has 0 fully saturated rings. The topological polar surface area (TPSA) is 55.4 Å². The van der Waals surface area contributed by atoms with Crippen LogP contribution in [0.25, 0.3) is 0 Å². The number of benzene rings is 1. The lowest BCUT2D eigenvalue weighted by Gasteiger charge is -2.21. The molecule has 1 rings (SSSR count). The number of amides is 1. The van der Waals surface area contributed by atoms with Crippen molar-refractivity contribution in [2.75, 3.05) is 5.88 Å². The van der Waals surface area contributed by atoms with Gasteiger partial charge in [0.1, 0.15) is 5.92 Å². The van der Waals surface area contributed by atoms with Crippen molar-refractivity contribution >= 4 is 23.3 Å². The van der Waals surface area contributed by atoms with Crippen molar-refractivity contribution in [1.29, 1.82) is 0 Å². The van der Waals surface area contributed by atoms with Gasteiger partial charge in [0.05, 0.1) is 11.5 Å². The highest BCUT2D eigenvalue weighted by Crippen LogP contribution is 2.12. The third-order valence-electron chi connectivity index (χ3n) is 2.58. The first-order valence-corrected chi connectivity index (χ1v) is 6.97. The van der Waals surface area contributed by atoms with Crippen molar-refractivity contribution in [1.82, 2.24) is 5.48 Å². The summed E-state index contributed by atoms with van der Waals surface area (Å²) in [5.41, 5.74) is 2.73. The van der Waals surface area contributed by atoms with Gasteiger partial charge >= 0.3 is 0 Å². The van der Waals surface area contributed by atoms with Crippen molar-refractivity contribution in [3.63, 3.8) is 0 Å². The third-order valence-corrected chi connectivity index (χ3v) is 2.84. The summed E-state index contributed by atoms with van der Waals surface area (Å²) < 4.78 is 0. The Morgan fingerprint density at radius 3 is 2.35 bits per heavy atom. The van der Waals surface area contributed by atoms with Crippen LogP contribution in [0.3, 0.4) is 0 Å². The van der Waals surface area contributed by atoms with E-state index in [-0.39, 0.29) is 11.7 Å². The number of hydrogen-bond acceptors (Lipinski definition) is 3. The highest BCUT2D eigenvalue weighted by Gasteiger charge is 2.27. The van der Waals surface area contributed by atoms with E-state index >= 15 is 0 Å². The molecule has 0 saturated carbocycles. The van der Waals surface area contributed by atoms with E-state index in [1.54, 1.807) is 0 Å². The van der Waals surface area contributed by atoms with E-state index in [0.717, 1.165) is 5.56 Å². The van der Waals surface area contributed by atoms with E-state index in [4.69, 9.17) is 16.4 Å². The van der Waals surface area contributed by atoms with Crippen molar-refractivity contribution in [3.8, 4) is 0 Å². The molecule has 0 heterocycles. The van der Waals surface area contributed by atoms with Crippen LogP contribution in [0.15, 0.2) is 30.3 Å². The van der Waals surface area contributed by atoms with E-state index in [9.17, 15) is 9.59 Å². The largest absolute Gasteiger partial charge is 0.297 e. The van der Waals surface area contributed by atoms with Crippen LogP contribution < -0.4 is 5.48 Å². The second-order valence-corrected chi connectivity index (χ2v) is 5.79. The molecule has 0 aliphatic heterocycles. The number of rotatable bonds is 6. The lowest BCUT2D eigenvalue weighted by atomic mass is 9.95. The first kappa shape index (κ1) is 16.7.